The molecule has 12 nitrogen and oxygen atoms in total. The number of ether oxygens (including phenoxy) is 1. The predicted octanol–water partition coefficient (Wildman–Crippen LogP) is 1.26. The van der Waals surface area contributed by atoms with Gasteiger partial charge in [0.05, 0.1) is 5.69 Å². The van der Waals surface area contributed by atoms with Crippen molar-refractivity contribution in [2.45, 2.75) is 51.3 Å². The van der Waals surface area contributed by atoms with Gasteiger partial charge in [-0.1, -0.05) is 24.3 Å². The molecule has 0 saturated heterocycles. The second-order valence-electron chi connectivity index (χ2n) is 9.01. The maximum absolute atomic E-state index is 13.1. The average molecular weight is 523 g/mol. The van der Waals surface area contributed by atoms with E-state index in [9.17, 15) is 27.9 Å². The Bertz CT molecular complexity index is 1180. The molecule has 7 N–H and O–H groups in total. The summed E-state index contributed by atoms with van der Waals surface area (Å²) in [6, 6.07) is 9.45. The fourth-order valence-corrected chi connectivity index (χ4v) is 3.55. The van der Waals surface area contributed by atoms with Crippen LogP contribution in [0.3, 0.4) is 0 Å². The third-order valence-electron chi connectivity index (χ3n) is 4.68. The van der Waals surface area contributed by atoms with Gasteiger partial charge in [-0.25, -0.2) is 4.79 Å². The number of primary amides is 1. The normalized spacial score (nSPS) is 13.2. The maximum atomic E-state index is 13.1. The number of phenols is 1. The van der Waals surface area contributed by atoms with E-state index in [0.29, 0.717) is 11.1 Å². The molecule has 0 aliphatic rings. The van der Waals surface area contributed by atoms with E-state index in [0.717, 1.165) is 0 Å². The minimum Gasteiger partial charge on any atom is -0.508 e. The number of amides is 3. The van der Waals surface area contributed by atoms with Crippen molar-refractivity contribution in [2.75, 3.05) is 4.72 Å². The fourth-order valence-electron chi connectivity index (χ4n) is 3.12. The fraction of sp³-hybridized carbons (Fsp3) is 0.348. The molecule has 0 heterocycles. The number of hydrogen-bond donors (Lipinski definition) is 6. The number of rotatable bonds is 10. The number of phenolic OH excluding ortho intramolecular Hbond substituents is 1. The molecule has 0 aliphatic heterocycles. The second-order valence-corrected chi connectivity index (χ2v) is 10.2. The molecule has 0 unspecified atom stereocenters. The molecule has 0 bridgehead atoms. The summed E-state index contributed by atoms with van der Waals surface area (Å²) in [5.41, 5.74) is 5.90. The summed E-state index contributed by atoms with van der Waals surface area (Å²) in [6.45, 7) is 4.97. The van der Waals surface area contributed by atoms with Gasteiger partial charge in [0.25, 0.3) is 0 Å². The molecule has 13 heteroatoms. The van der Waals surface area contributed by atoms with Gasteiger partial charge in [0.1, 0.15) is 23.4 Å². The molecule has 0 spiro atoms. The van der Waals surface area contributed by atoms with Crippen LogP contribution in [0.15, 0.2) is 48.5 Å². The molecule has 2 atom stereocenters. The van der Waals surface area contributed by atoms with Crippen LogP contribution < -0.4 is 21.1 Å². The minimum absolute atomic E-state index is 0.0397. The molecule has 0 saturated carbocycles. The lowest BCUT2D eigenvalue weighted by atomic mass is 10.0. The van der Waals surface area contributed by atoms with E-state index < -0.39 is 45.9 Å². The Morgan fingerprint density at radius 3 is 1.89 bits per heavy atom. The van der Waals surface area contributed by atoms with Gasteiger partial charge in [0.2, 0.25) is 11.8 Å². The molecule has 0 radical (unpaired) electrons. The summed E-state index contributed by atoms with van der Waals surface area (Å²) >= 11 is 0. The second kappa shape index (κ2) is 11.7. The molecule has 36 heavy (non-hydrogen) atoms. The van der Waals surface area contributed by atoms with Gasteiger partial charge in [0, 0.05) is 12.8 Å². The Morgan fingerprint density at radius 2 is 1.42 bits per heavy atom. The highest BCUT2D eigenvalue weighted by atomic mass is 32.2. The van der Waals surface area contributed by atoms with Crippen LogP contribution in [-0.4, -0.2) is 53.7 Å². The van der Waals surface area contributed by atoms with Crippen LogP contribution >= 0.6 is 0 Å². The van der Waals surface area contributed by atoms with Gasteiger partial charge >= 0.3 is 16.4 Å². The van der Waals surface area contributed by atoms with Crippen molar-refractivity contribution in [1.82, 2.24) is 10.6 Å². The summed E-state index contributed by atoms with van der Waals surface area (Å²) in [5, 5.41) is 14.5. The van der Waals surface area contributed by atoms with Gasteiger partial charge in [-0.15, -0.1) is 0 Å². The molecular formula is C23H30N4O8S. The van der Waals surface area contributed by atoms with Crippen molar-refractivity contribution in [3.05, 3.63) is 59.7 Å². The number of hydrogen-bond acceptors (Lipinski definition) is 7. The van der Waals surface area contributed by atoms with Crippen molar-refractivity contribution in [2.24, 2.45) is 5.73 Å². The van der Waals surface area contributed by atoms with Gasteiger partial charge in [-0.05, 0) is 56.2 Å². The Balaban J connectivity index is 2.21. The molecule has 2 rings (SSSR count). The number of anilines is 1. The Kier molecular flexibility index (Phi) is 9.25. The van der Waals surface area contributed by atoms with Crippen LogP contribution in [0.25, 0.3) is 0 Å². The zero-order chi connectivity index (χ0) is 27.1. The number of carbonyl (C=O) groups is 3. The van der Waals surface area contributed by atoms with E-state index in [1.165, 1.54) is 36.4 Å². The summed E-state index contributed by atoms with van der Waals surface area (Å²) < 4.78 is 38.0. The van der Waals surface area contributed by atoms with Crippen LogP contribution in [-0.2, 0) is 37.5 Å². The number of carbonyl (C=O) groups excluding carboxylic acids is 3. The first-order chi connectivity index (χ1) is 16.6. The third kappa shape index (κ3) is 10.2. The van der Waals surface area contributed by atoms with E-state index in [-0.39, 0.29) is 24.3 Å². The zero-order valence-electron chi connectivity index (χ0n) is 20.0. The van der Waals surface area contributed by atoms with Crippen molar-refractivity contribution in [1.29, 1.82) is 0 Å². The smallest absolute Gasteiger partial charge is 0.408 e. The highest BCUT2D eigenvalue weighted by molar-refractivity contribution is 7.87. The largest absolute Gasteiger partial charge is 0.508 e. The Morgan fingerprint density at radius 1 is 0.917 bits per heavy atom. The average Bonchev–Trinajstić information content (AvgIpc) is 2.73. The van der Waals surface area contributed by atoms with E-state index in [1.54, 1.807) is 32.9 Å². The van der Waals surface area contributed by atoms with Crippen molar-refractivity contribution in [3.8, 4) is 5.75 Å². The topological polar surface area (TPSA) is 197 Å². The highest BCUT2D eigenvalue weighted by Crippen LogP contribution is 2.15. The van der Waals surface area contributed by atoms with Crippen LogP contribution in [0.2, 0.25) is 0 Å². The SMILES string of the molecule is CC(C)(C)OC(=O)N[C@@H](Cc1ccc(NS(=O)(=O)O)cc1)C(=O)N[C@@H](Cc1ccc(O)cc1)C(N)=O. The standard InChI is InChI=1S/C23H30N4O8S/c1-23(2,3)35-22(31)26-19(13-14-4-8-16(9-5-14)27-36(32,33)34)21(30)25-18(20(24)29)12-15-6-10-17(28)11-7-15/h4-11,18-19,27-28H,12-13H2,1-3H3,(H2,24,29)(H,25,30)(H,26,31)(H,32,33,34)/t18-,19-/m0/s1. The van der Waals surface area contributed by atoms with E-state index in [1.807, 2.05) is 4.72 Å². The van der Waals surface area contributed by atoms with Crippen molar-refractivity contribution < 1.29 is 37.2 Å². The molecule has 0 aliphatic carbocycles. The van der Waals surface area contributed by atoms with Crippen LogP contribution in [0, 0.1) is 0 Å². The molecule has 2 aromatic carbocycles. The number of nitrogens with one attached hydrogen (secondary N) is 3. The first kappa shape index (κ1) is 28.4. The third-order valence-corrected chi connectivity index (χ3v) is 5.18. The van der Waals surface area contributed by atoms with Crippen LogP contribution in [0.4, 0.5) is 10.5 Å². The monoisotopic (exact) mass is 522 g/mol. The van der Waals surface area contributed by atoms with Crippen molar-refractivity contribution >= 4 is 33.9 Å². The van der Waals surface area contributed by atoms with E-state index in [2.05, 4.69) is 10.6 Å². The molecule has 2 aromatic rings. The Labute approximate surface area is 209 Å². The van der Waals surface area contributed by atoms with E-state index in [4.69, 9.17) is 15.0 Å². The summed E-state index contributed by atoms with van der Waals surface area (Å²) in [6.07, 6.45) is -0.847. The number of nitrogens with two attached hydrogens (primary N) is 1. The van der Waals surface area contributed by atoms with Gasteiger partial charge in [-0.2, -0.15) is 8.42 Å². The predicted molar refractivity (Wildman–Crippen MR) is 131 cm³/mol. The maximum Gasteiger partial charge on any atom is 0.408 e. The van der Waals surface area contributed by atoms with Crippen LogP contribution in [0.1, 0.15) is 31.9 Å². The number of benzene rings is 2. The quantitative estimate of drug-likeness (QED) is 0.251. The molecule has 0 aromatic heterocycles. The molecule has 196 valence electrons. The van der Waals surface area contributed by atoms with Gasteiger partial charge in [-0.3, -0.25) is 18.9 Å². The number of aromatic hydroxyl groups is 1. The van der Waals surface area contributed by atoms with E-state index >= 15 is 0 Å². The van der Waals surface area contributed by atoms with Gasteiger partial charge in [0.15, 0.2) is 0 Å². The molecule has 3 amide bonds. The Hall–Kier alpha value is -3.84. The van der Waals surface area contributed by atoms with Crippen LogP contribution in [0.5, 0.6) is 5.75 Å². The zero-order valence-corrected chi connectivity index (χ0v) is 20.8. The first-order valence-corrected chi connectivity index (χ1v) is 12.3. The lowest BCUT2D eigenvalue weighted by molar-refractivity contribution is -0.128. The number of alkyl carbamates (subject to hydrolysis) is 1. The lowest BCUT2D eigenvalue weighted by Gasteiger charge is -2.25. The van der Waals surface area contributed by atoms with Gasteiger partial charge < -0.3 is 26.2 Å². The highest BCUT2D eigenvalue weighted by Gasteiger charge is 2.28. The van der Waals surface area contributed by atoms with Crippen molar-refractivity contribution in [3.63, 3.8) is 0 Å². The lowest BCUT2D eigenvalue weighted by Crippen LogP contribution is -2.54. The molecule has 0 fully saturated rings. The summed E-state index contributed by atoms with van der Waals surface area (Å²) in [4.78, 5) is 37.5. The first-order valence-electron chi connectivity index (χ1n) is 10.8. The molecular weight excluding hydrogens is 492 g/mol. The summed E-state index contributed by atoms with van der Waals surface area (Å²) in [5.74, 6) is -1.46. The minimum atomic E-state index is -4.46. The summed E-state index contributed by atoms with van der Waals surface area (Å²) in [7, 11) is -4.46.